The summed E-state index contributed by atoms with van der Waals surface area (Å²) in [4.78, 5) is 65.2. The standard InChI is InChI=1S/C25H33N5O.4C2HF3O2/c1-2-30-15-10-25(23(30)31)20-29(17-21-6-5-11-26-16-21)19-24(25)8-13-28(14-9-24)18-22-7-3-4-12-27-22;4*3-2(4,5)1(6)7/h3-7,11-12,16H,2,8-10,13-15,17-20H2,1H3;4*(H,6,7). The van der Waals surface area contributed by atoms with Gasteiger partial charge in [0.1, 0.15) is 0 Å². The highest BCUT2D eigenvalue weighted by Gasteiger charge is 2.64. The van der Waals surface area contributed by atoms with Crippen molar-refractivity contribution >= 4 is 29.8 Å². The Hall–Kier alpha value is -5.27. The van der Waals surface area contributed by atoms with Gasteiger partial charge in [0.2, 0.25) is 5.91 Å². The first-order valence-electron chi connectivity index (χ1n) is 16.6. The van der Waals surface area contributed by atoms with Gasteiger partial charge in [0.25, 0.3) is 0 Å². The second-order valence-electron chi connectivity index (χ2n) is 12.8. The summed E-state index contributed by atoms with van der Waals surface area (Å²) in [7, 11) is 0. The molecule has 1 atom stereocenters. The number of hydrogen-bond acceptors (Lipinski definition) is 9. The predicted molar refractivity (Wildman–Crippen MR) is 175 cm³/mol. The van der Waals surface area contributed by atoms with Crippen LogP contribution in [0.15, 0.2) is 48.9 Å². The molecule has 0 bridgehead atoms. The van der Waals surface area contributed by atoms with Crippen LogP contribution in [0.1, 0.15) is 37.4 Å². The summed E-state index contributed by atoms with van der Waals surface area (Å²) in [6.07, 6.45) is -11.5. The molecule has 0 radical (unpaired) electrons. The SMILES string of the molecule is CCN1CCC2(CN(Cc3cccnc3)CC23CCN(Cc2ccccn2)CC3)C1=O.O=C(O)C(F)(F)F.O=C(O)C(F)(F)F.O=C(O)C(F)(F)F.O=C(O)C(F)(F)F. The number of carbonyl (C=O) groups excluding carboxylic acids is 1. The average Bonchev–Trinajstić information content (AvgIpc) is 3.61. The summed E-state index contributed by atoms with van der Waals surface area (Å²) in [5, 5.41) is 28.5. The maximum Gasteiger partial charge on any atom is 0.490 e. The number of fused-ring (bicyclic) bond motifs is 1. The van der Waals surface area contributed by atoms with E-state index in [1.165, 1.54) is 5.56 Å². The number of amides is 1. The molecule has 1 amide bonds. The van der Waals surface area contributed by atoms with Crippen molar-refractivity contribution in [3.63, 3.8) is 0 Å². The lowest BCUT2D eigenvalue weighted by atomic mass is 9.60. The highest BCUT2D eigenvalue weighted by molar-refractivity contribution is 5.86. The smallest absolute Gasteiger partial charge is 0.475 e. The predicted octanol–water partition coefficient (Wildman–Crippen LogP) is 5.35. The lowest BCUT2D eigenvalue weighted by Gasteiger charge is -2.47. The van der Waals surface area contributed by atoms with Crippen LogP contribution in [0.4, 0.5) is 52.7 Å². The third-order valence-corrected chi connectivity index (χ3v) is 8.95. The number of halogens is 12. The Labute approximate surface area is 326 Å². The quantitative estimate of drug-likeness (QED) is 0.281. The van der Waals surface area contributed by atoms with E-state index in [1.807, 2.05) is 30.7 Å². The molecule has 0 aromatic carbocycles. The van der Waals surface area contributed by atoms with E-state index in [2.05, 4.69) is 49.8 Å². The lowest BCUT2D eigenvalue weighted by molar-refractivity contribution is -0.193. The van der Waals surface area contributed by atoms with E-state index in [1.54, 1.807) is 0 Å². The number of piperidine rings is 1. The van der Waals surface area contributed by atoms with Crippen LogP contribution in [0, 0.1) is 10.8 Å². The topological polar surface area (TPSA) is 202 Å². The van der Waals surface area contributed by atoms with Gasteiger partial charge in [0.15, 0.2) is 0 Å². The number of aliphatic carboxylic acids is 4. The number of aromatic nitrogens is 2. The third kappa shape index (κ3) is 16.1. The van der Waals surface area contributed by atoms with Crippen LogP contribution in [-0.4, -0.2) is 139 Å². The van der Waals surface area contributed by atoms with E-state index in [0.29, 0.717) is 5.91 Å². The molecule has 2 aromatic heterocycles. The summed E-state index contributed by atoms with van der Waals surface area (Å²) in [6, 6.07) is 10.3. The zero-order chi connectivity index (χ0) is 45.6. The number of likely N-dealkylation sites (tertiary alicyclic amines) is 3. The highest BCUT2D eigenvalue weighted by atomic mass is 19.4. The van der Waals surface area contributed by atoms with Crippen LogP contribution in [0.3, 0.4) is 0 Å². The van der Waals surface area contributed by atoms with Crippen molar-refractivity contribution in [3.05, 3.63) is 60.2 Å². The van der Waals surface area contributed by atoms with Crippen molar-refractivity contribution in [2.45, 2.75) is 64.0 Å². The second kappa shape index (κ2) is 21.1. The molecule has 3 saturated heterocycles. The maximum atomic E-state index is 13.7. The Kier molecular flexibility index (Phi) is 18.5. The molecule has 3 fully saturated rings. The number of pyridine rings is 2. The fraction of sp³-hybridized carbons (Fsp3) is 0.545. The molecule has 3 aliphatic heterocycles. The zero-order valence-corrected chi connectivity index (χ0v) is 30.5. The monoisotopic (exact) mass is 875 g/mol. The van der Waals surface area contributed by atoms with E-state index in [4.69, 9.17) is 39.6 Å². The normalized spacial score (nSPS) is 19.2. The van der Waals surface area contributed by atoms with Crippen LogP contribution >= 0.6 is 0 Å². The minimum atomic E-state index is -5.08. The van der Waals surface area contributed by atoms with Crippen molar-refractivity contribution < 1.29 is 97.1 Å². The van der Waals surface area contributed by atoms with Crippen molar-refractivity contribution in [1.82, 2.24) is 24.7 Å². The Morgan fingerprint density at radius 3 is 1.47 bits per heavy atom. The molecule has 332 valence electrons. The first-order chi connectivity index (χ1) is 26.9. The number of rotatable bonds is 5. The van der Waals surface area contributed by atoms with E-state index in [-0.39, 0.29) is 10.8 Å². The average molecular weight is 876 g/mol. The van der Waals surface area contributed by atoms with Crippen LogP contribution in [0.25, 0.3) is 0 Å². The van der Waals surface area contributed by atoms with Crippen LogP contribution in [-0.2, 0) is 37.1 Å². The Bertz CT molecular complexity index is 1590. The van der Waals surface area contributed by atoms with Gasteiger partial charge in [-0.05, 0) is 63.0 Å². The van der Waals surface area contributed by atoms with Gasteiger partial charge in [-0.25, -0.2) is 19.2 Å². The molecule has 4 N–H and O–H groups in total. The van der Waals surface area contributed by atoms with E-state index < -0.39 is 48.6 Å². The molecule has 14 nitrogen and oxygen atoms in total. The number of nitrogens with zero attached hydrogens (tertiary/aromatic N) is 5. The van der Waals surface area contributed by atoms with Crippen molar-refractivity contribution in [2.24, 2.45) is 10.8 Å². The van der Waals surface area contributed by atoms with Crippen LogP contribution in [0.5, 0.6) is 0 Å². The summed E-state index contributed by atoms with van der Waals surface area (Å²) in [5.74, 6) is -10.6. The molecule has 0 saturated carbocycles. The van der Waals surface area contributed by atoms with Gasteiger partial charge in [-0.1, -0.05) is 12.1 Å². The number of hydrogen-bond donors (Lipinski definition) is 4. The molecular weight excluding hydrogens is 838 g/mol. The van der Waals surface area contributed by atoms with E-state index in [0.717, 1.165) is 77.3 Å². The first-order valence-corrected chi connectivity index (χ1v) is 16.6. The number of carbonyl (C=O) groups is 5. The minimum absolute atomic E-state index is 0.0802. The molecule has 0 aliphatic carbocycles. The molecule has 5 rings (SSSR count). The fourth-order valence-electron chi connectivity index (χ4n) is 6.32. The lowest BCUT2D eigenvalue weighted by Crippen LogP contribution is -2.52. The van der Waals surface area contributed by atoms with Gasteiger partial charge in [-0.15, -0.1) is 0 Å². The highest BCUT2D eigenvalue weighted by Crippen LogP contribution is 2.58. The third-order valence-electron chi connectivity index (χ3n) is 8.95. The van der Waals surface area contributed by atoms with Gasteiger partial charge in [0.05, 0.1) is 11.1 Å². The summed E-state index contributed by atoms with van der Waals surface area (Å²) >= 11 is 0. The molecule has 2 spiro atoms. The van der Waals surface area contributed by atoms with Gasteiger partial charge in [0, 0.05) is 63.3 Å². The second-order valence-corrected chi connectivity index (χ2v) is 12.8. The molecule has 59 heavy (non-hydrogen) atoms. The largest absolute Gasteiger partial charge is 0.490 e. The molecular formula is C33H37F12N5O9. The number of alkyl halides is 12. The summed E-state index contributed by atoms with van der Waals surface area (Å²) in [5.41, 5.74) is 2.23. The first kappa shape index (κ1) is 51.7. The van der Waals surface area contributed by atoms with E-state index >= 15 is 0 Å². The zero-order valence-electron chi connectivity index (χ0n) is 30.5. The van der Waals surface area contributed by atoms with Crippen LogP contribution < -0.4 is 0 Å². The summed E-state index contributed by atoms with van der Waals surface area (Å²) < 4.78 is 127. The van der Waals surface area contributed by atoms with Gasteiger partial charge < -0.3 is 25.3 Å². The number of carboxylic acids is 4. The Balaban J connectivity index is 0.000000505. The van der Waals surface area contributed by atoms with Crippen molar-refractivity contribution in [3.8, 4) is 0 Å². The number of carboxylic acid groups (broad SMARTS) is 4. The van der Waals surface area contributed by atoms with Gasteiger partial charge >= 0.3 is 48.6 Å². The minimum Gasteiger partial charge on any atom is -0.475 e. The Morgan fingerprint density at radius 2 is 1.12 bits per heavy atom. The molecule has 3 aliphatic rings. The van der Waals surface area contributed by atoms with Crippen LogP contribution in [0.2, 0.25) is 0 Å². The molecule has 1 unspecified atom stereocenters. The summed E-state index contributed by atoms with van der Waals surface area (Å²) in [6.45, 7) is 9.62. The van der Waals surface area contributed by atoms with Crippen molar-refractivity contribution in [2.75, 3.05) is 39.3 Å². The maximum absolute atomic E-state index is 13.7. The molecule has 26 heteroatoms. The fourth-order valence-corrected chi connectivity index (χ4v) is 6.32. The molecule has 5 heterocycles. The van der Waals surface area contributed by atoms with Crippen molar-refractivity contribution in [1.29, 1.82) is 0 Å². The van der Waals surface area contributed by atoms with E-state index in [9.17, 15) is 57.5 Å². The van der Waals surface area contributed by atoms with Gasteiger partial charge in [-0.2, -0.15) is 52.7 Å². The van der Waals surface area contributed by atoms with Gasteiger partial charge in [-0.3, -0.25) is 24.6 Å². The Morgan fingerprint density at radius 1 is 0.644 bits per heavy atom. The molecule has 2 aromatic rings.